The summed E-state index contributed by atoms with van der Waals surface area (Å²) in [6, 6.07) is 2.99. The molecule has 1 aliphatic carbocycles. The highest BCUT2D eigenvalue weighted by molar-refractivity contribution is 7.99. The fourth-order valence-corrected chi connectivity index (χ4v) is 2.63. The highest BCUT2D eigenvalue weighted by Crippen LogP contribution is 2.25. The van der Waals surface area contributed by atoms with Crippen molar-refractivity contribution in [2.45, 2.75) is 62.8 Å². The lowest BCUT2D eigenvalue weighted by Crippen LogP contribution is -2.42. The molecule has 0 aliphatic heterocycles. The predicted octanol–water partition coefficient (Wildman–Crippen LogP) is 2.30. The first-order valence-electron chi connectivity index (χ1n) is 6.51. The van der Waals surface area contributed by atoms with Gasteiger partial charge in [0.2, 0.25) is 0 Å². The van der Waals surface area contributed by atoms with Crippen molar-refractivity contribution in [2.75, 3.05) is 12.4 Å². The zero-order valence-corrected chi connectivity index (χ0v) is 11.7. The Bertz CT molecular complexity index is 263. The summed E-state index contributed by atoms with van der Waals surface area (Å²) < 4.78 is 0. The SMILES string of the molecule is CC(CO)SCCCCC(C)(C#N)NC1CC1. The van der Waals surface area contributed by atoms with Crippen molar-refractivity contribution in [3.8, 4) is 6.07 Å². The highest BCUT2D eigenvalue weighted by atomic mass is 32.2. The molecule has 0 spiro atoms. The van der Waals surface area contributed by atoms with Crippen LogP contribution < -0.4 is 5.32 Å². The van der Waals surface area contributed by atoms with E-state index in [2.05, 4.69) is 11.4 Å². The summed E-state index contributed by atoms with van der Waals surface area (Å²) in [4.78, 5) is 0. The van der Waals surface area contributed by atoms with Gasteiger partial charge in [0.1, 0.15) is 5.54 Å². The maximum atomic E-state index is 9.19. The molecular formula is C13H24N2OS. The smallest absolute Gasteiger partial charge is 0.104 e. The molecule has 1 fully saturated rings. The zero-order chi connectivity index (χ0) is 12.7. The lowest BCUT2D eigenvalue weighted by atomic mass is 9.96. The van der Waals surface area contributed by atoms with Gasteiger partial charge in [-0.3, -0.25) is 5.32 Å². The lowest BCUT2D eigenvalue weighted by Gasteiger charge is -2.23. The number of nitrogens with zero attached hydrogens (tertiary/aromatic N) is 1. The number of aliphatic hydroxyl groups excluding tert-OH is 1. The number of rotatable bonds is 9. The van der Waals surface area contributed by atoms with E-state index in [0.717, 1.165) is 25.0 Å². The van der Waals surface area contributed by atoms with Gasteiger partial charge in [0.25, 0.3) is 0 Å². The van der Waals surface area contributed by atoms with Gasteiger partial charge in [-0.05, 0) is 44.8 Å². The standard InChI is InChI=1S/C13H24N2OS/c1-11(9-16)17-8-4-3-7-13(2,10-14)15-12-5-6-12/h11-12,15-16H,3-9H2,1-2H3. The van der Waals surface area contributed by atoms with E-state index in [9.17, 15) is 5.26 Å². The van der Waals surface area contributed by atoms with Crippen LogP contribution in [0.1, 0.15) is 46.0 Å². The summed E-state index contributed by atoms with van der Waals surface area (Å²) in [5, 5.41) is 21.8. The summed E-state index contributed by atoms with van der Waals surface area (Å²) in [7, 11) is 0. The lowest BCUT2D eigenvalue weighted by molar-refractivity contribution is 0.300. The molecule has 1 saturated carbocycles. The summed E-state index contributed by atoms with van der Waals surface area (Å²) >= 11 is 1.81. The van der Waals surface area contributed by atoms with Gasteiger partial charge in [0.15, 0.2) is 0 Å². The first kappa shape index (κ1) is 14.8. The minimum atomic E-state index is -0.339. The summed E-state index contributed by atoms with van der Waals surface area (Å²) in [6.45, 7) is 4.30. The van der Waals surface area contributed by atoms with Gasteiger partial charge in [-0.25, -0.2) is 0 Å². The molecule has 2 N–H and O–H groups in total. The fraction of sp³-hybridized carbons (Fsp3) is 0.923. The van der Waals surface area contributed by atoms with Crippen LogP contribution in [0.4, 0.5) is 0 Å². The Kier molecular flexibility index (Phi) is 6.32. The van der Waals surface area contributed by atoms with Crippen LogP contribution in [0, 0.1) is 11.3 Å². The van der Waals surface area contributed by atoms with Crippen LogP contribution in [0.3, 0.4) is 0 Å². The zero-order valence-electron chi connectivity index (χ0n) is 10.9. The van der Waals surface area contributed by atoms with Crippen molar-refractivity contribution in [1.29, 1.82) is 5.26 Å². The molecule has 0 aromatic heterocycles. The summed E-state index contributed by atoms with van der Waals surface area (Å²) in [5.41, 5.74) is -0.339. The molecule has 98 valence electrons. The van der Waals surface area contributed by atoms with Crippen molar-refractivity contribution in [3.05, 3.63) is 0 Å². The van der Waals surface area contributed by atoms with Crippen LogP contribution in [0.25, 0.3) is 0 Å². The highest BCUT2D eigenvalue weighted by Gasteiger charge is 2.31. The van der Waals surface area contributed by atoms with E-state index in [0.29, 0.717) is 11.3 Å². The molecule has 4 heteroatoms. The van der Waals surface area contributed by atoms with Crippen LogP contribution >= 0.6 is 11.8 Å². The van der Waals surface area contributed by atoms with Crippen molar-refractivity contribution < 1.29 is 5.11 Å². The van der Waals surface area contributed by atoms with E-state index in [1.54, 1.807) is 0 Å². The molecule has 17 heavy (non-hydrogen) atoms. The van der Waals surface area contributed by atoms with E-state index in [4.69, 9.17) is 5.11 Å². The maximum absolute atomic E-state index is 9.19. The predicted molar refractivity (Wildman–Crippen MR) is 73.0 cm³/mol. The number of aliphatic hydroxyl groups is 1. The number of unbranched alkanes of at least 4 members (excludes halogenated alkanes) is 1. The monoisotopic (exact) mass is 256 g/mol. The maximum Gasteiger partial charge on any atom is 0.104 e. The van der Waals surface area contributed by atoms with Crippen LogP contribution in [0.2, 0.25) is 0 Å². The summed E-state index contributed by atoms with van der Waals surface area (Å²) in [5.74, 6) is 1.08. The van der Waals surface area contributed by atoms with Gasteiger partial charge in [-0.15, -0.1) is 0 Å². The number of hydrogen-bond acceptors (Lipinski definition) is 4. The third kappa shape index (κ3) is 6.30. The topological polar surface area (TPSA) is 56.0 Å². The molecule has 1 aliphatic rings. The quantitative estimate of drug-likeness (QED) is 0.622. The minimum Gasteiger partial charge on any atom is -0.395 e. The summed E-state index contributed by atoms with van der Waals surface area (Å²) in [6.07, 6.45) is 5.57. The van der Waals surface area contributed by atoms with Crippen LogP contribution in [-0.2, 0) is 0 Å². The molecule has 2 unspecified atom stereocenters. The van der Waals surface area contributed by atoms with Crippen molar-refractivity contribution >= 4 is 11.8 Å². The van der Waals surface area contributed by atoms with Crippen molar-refractivity contribution in [3.63, 3.8) is 0 Å². The second-order valence-electron chi connectivity index (χ2n) is 5.18. The van der Waals surface area contributed by atoms with E-state index in [1.165, 1.54) is 12.8 Å². The number of nitrogens with one attached hydrogen (secondary N) is 1. The second-order valence-corrected chi connectivity index (χ2v) is 6.73. The van der Waals surface area contributed by atoms with Crippen molar-refractivity contribution in [2.24, 2.45) is 0 Å². The Labute approximate surface area is 109 Å². The van der Waals surface area contributed by atoms with Gasteiger partial charge >= 0.3 is 0 Å². The van der Waals surface area contributed by atoms with Gasteiger partial charge < -0.3 is 5.11 Å². The first-order valence-corrected chi connectivity index (χ1v) is 7.56. The van der Waals surface area contributed by atoms with Crippen LogP contribution in [-0.4, -0.2) is 34.3 Å². The molecule has 1 rings (SSSR count). The Balaban J connectivity index is 2.09. The van der Waals surface area contributed by atoms with Gasteiger partial charge in [0.05, 0.1) is 12.7 Å². The molecule has 0 radical (unpaired) electrons. The molecule has 3 nitrogen and oxygen atoms in total. The van der Waals surface area contributed by atoms with Crippen LogP contribution in [0.15, 0.2) is 0 Å². The number of thioether (sulfide) groups is 1. The number of nitriles is 1. The first-order chi connectivity index (χ1) is 8.09. The Morgan fingerprint density at radius 1 is 1.53 bits per heavy atom. The van der Waals surface area contributed by atoms with Gasteiger partial charge in [-0.2, -0.15) is 17.0 Å². The van der Waals surface area contributed by atoms with E-state index in [1.807, 2.05) is 25.6 Å². The molecule has 0 heterocycles. The van der Waals surface area contributed by atoms with E-state index in [-0.39, 0.29) is 12.1 Å². The third-order valence-corrected chi connectivity index (χ3v) is 4.32. The second kappa shape index (κ2) is 7.25. The van der Waals surface area contributed by atoms with E-state index >= 15 is 0 Å². The normalized spacial score (nSPS) is 20.6. The fourth-order valence-electron chi connectivity index (χ4n) is 1.76. The Morgan fingerprint density at radius 2 is 2.24 bits per heavy atom. The largest absolute Gasteiger partial charge is 0.395 e. The molecular weight excluding hydrogens is 232 g/mol. The molecule has 0 aromatic carbocycles. The van der Waals surface area contributed by atoms with Gasteiger partial charge in [0, 0.05) is 11.3 Å². The molecule has 0 bridgehead atoms. The molecule has 0 saturated heterocycles. The number of hydrogen-bond donors (Lipinski definition) is 2. The average Bonchev–Trinajstić information content (AvgIpc) is 3.12. The van der Waals surface area contributed by atoms with Crippen LogP contribution in [0.5, 0.6) is 0 Å². The average molecular weight is 256 g/mol. The molecule has 0 amide bonds. The Morgan fingerprint density at radius 3 is 2.76 bits per heavy atom. The third-order valence-electron chi connectivity index (χ3n) is 3.08. The van der Waals surface area contributed by atoms with E-state index < -0.39 is 0 Å². The Hall–Kier alpha value is -0.240. The minimum absolute atomic E-state index is 0.254. The molecule has 2 atom stereocenters. The van der Waals surface area contributed by atoms with Crippen molar-refractivity contribution in [1.82, 2.24) is 5.32 Å². The van der Waals surface area contributed by atoms with Gasteiger partial charge in [-0.1, -0.05) is 6.92 Å². The molecule has 0 aromatic rings.